The number of nitro groups is 1. The van der Waals surface area contributed by atoms with Crippen LogP contribution >= 0.6 is 12.2 Å². The molecule has 0 aliphatic carbocycles. The second-order valence-corrected chi connectivity index (χ2v) is 6.03. The normalized spacial score (nSPS) is 15.4. The van der Waals surface area contributed by atoms with E-state index in [9.17, 15) is 15.2 Å². The summed E-state index contributed by atoms with van der Waals surface area (Å²) in [6, 6.07) is 13.4. The van der Waals surface area contributed by atoms with Crippen LogP contribution in [-0.2, 0) is 0 Å². The minimum atomic E-state index is -0.466. The Balaban J connectivity index is 1.92. The molecule has 0 fully saturated rings. The Hall–Kier alpha value is -3.39. The lowest BCUT2D eigenvalue weighted by molar-refractivity contribution is -0.384. The third-order valence-electron chi connectivity index (χ3n) is 3.81. The van der Waals surface area contributed by atoms with Crippen LogP contribution in [0.25, 0.3) is 5.70 Å². The van der Waals surface area contributed by atoms with Crippen molar-refractivity contribution >= 4 is 34.4 Å². The zero-order valence-electron chi connectivity index (χ0n) is 13.8. The van der Waals surface area contributed by atoms with Crippen molar-refractivity contribution in [2.75, 3.05) is 5.32 Å². The van der Waals surface area contributed by atoms with E-state index in [0.29, 0.717) is 16.9 Å². The Morgan fingerprint density at radius 1 is 1.12 bits per heavy atom. The van der Waals surface area contributed by atoms with E-state index in [2.05, 4.69) is 16.0 Å². The van der Waals surface area contributed by atoms with Crippen molar-refractivity contribution in [3.8, 4) is 0 Å². The zero-order chi connectivity index (χ0) is 18.7. The Morgan fingerprint density at radius 2 is 1.81 bits per heavy atom. The lowest BCUT2D eigenvalue weighted by Gasteiger charge is -2.26. The minimum absolute atomic E-state index is 0.00707. The number of aryl methyl sites for hydroxylation is 1. The van der Waals surface area contributed by atoms with Gasteiger partial charge in [0.15, 0.2) is 5.11 Å². The minimum Gasteiger partial charge on any atom is -0.859 e. The van der Waals surface area contributed by atoms with E-state index in [0.717, 1.165) is 5.56 Å². The van der Waals surface area contributed by atoms with Crippen molar-refractivity contribution in [1.29, 1.82) is 0 Å². The fourth-order valence-corrected chi connectivity index (χ4v) is 2.66. The average Bonchev–Trinajstić information content (AvgIpc) is 2.63. The number of allylic oxidation sites excluding steroid dienone is 1. The van der Waals surface area contributed by atoms with E-state index in [1.807, 2.05) is 31.2 Å². The second kappa shape index (κ2) is 7.24. The fourth-order valence-electron chi connectivity index (χ4n) is 2.44. The van der Waals surface area contributed by atoms with Gasteiger partial charge in [0, 0.05) is 23.5 Å². The Morgan fingerprint density at radius 3 is 2.46 bits per heavy atom. The molecule has 0 bridgehead atoms. The Labute approximate surface area is 155 Å². The van der Waals surface area contributed by atoms with Crippen LogP contribution in [0.15, 0.2) is 66.2 Å². The highest BCUT2D eigenvalue weighted by atomic mass is 32.1. The number of nitrogens with one attached hydrogen (secondary N) is 3. The smallest absolute Gasteiger partial charge is 0.269 e. The lowest BCUT2D eigenvalue weighted by Crippen LogP contribution is -2.39. The topological polar surface area (TPSA) is 102 Å². The molecule has 3 rings (SSSR count). The van der Waals surface area contributed by atoms with E-state index in [1.165, 1.54) is 12.1 Å². The maximum atomic E-state index is 12.6. The molecule has 3 N–H and O–H groups in total. The molecule has 0 saturated carbocycles. The van der Waals surface area contributed by atoms with Crippen LogP contribution in [0.1, 0.15) is 11.1 Å². The molecule has 0 aromatic heterocycles. The van der Waals surface area contributed by atoms with Gasteiger partial charge in [-0.05, 0) is 60.4 Å². The number of rotatable bonds is 4. The molecule has 2 aromatic rings. The fraction of sp³-hybridized carbons (Fsp3) is 0.0556. The molecule has 0 saturated heterocycles. The van der Waals surface area contributed by atoms with Crippen molar-refractivity contribution < 1.29 is 10.0 Å². The summed E-state index contributed by atoms with van der Waals surface area (Å²) in [5.41, 5.74) is 3.19. The summed E-state index contributed by atoms with van der Waals surface area (Å²) in [7, 11) is 0. The Kier molecular flexibility index (Phi) is 4.85. The zero-order valence-corrected chi connectivity index (χ0v) is 14.6. The van der Waals surface area contributed by atoms with Crippen molar-refractivity contribution in [3.63, 3.8) is 0 Å². The summed E-state index contributed by atoms with van der Waals surface area (Å²) in [6.07, 6.45) is 1.62. The molecule has 0 atom stereocenters. The van der Waals surface area contributed by atoms with Gasteiger partial charge in [-0.3, -0.25) is 10.1 Å². The number of nitro benzene ring substituents is 1. The van der Waals surface area contributed by atoms with Crippen LogP contribution in [-0.4, -0.2) is 10.0 Å². The number of benzene rings is 2. The lowest BCUT2D eigenvalue weighted by atomic mass is 10.1. The summed E-state index contributed by atoms with van der Waals surface area (Å²) >= 11 is 5.16. The van der Waals surface area contributed by atoms with Gasteiger partial charge < -0.3 is 21.1 Å². The number of non-ortho nitro benzene ring substituents is 1. The molecule has 1 aliphatic rings. The van der Waals surface area contributed by atoms with Gasteiger partial charge in [0.1, 0.15) is 0 Å². The first-order valence-electron chi connectivity index (χ1n) is 7.72. The highest BCUT2D eigenvalue weighted by Crippen LogP contribution is 2.21. The molecule has 1 heterocycles. The van der Waals surface area contributed by atoms with Gasteiger partial charge in [-0.2, -0.15) is 0 Å². The van der Waals surface area contributed by atoms with Crippen LogP contribution in [0.3, 0.4) is 0 Å². The molecule has 0 spiro atoms. The van der Waals surface area contributed by atoms with Crippen molar-refractivity contribution in [3.05, 3.63) is 87.4 Å². The molecule has 7 nitrogen and oxygen atoms in total. The molecule has 0 amide bonds. The van der Waals surface area contributed by atoms with Crippen LogP contribution in [0.5, 0.6) is 0 Å². The first kappa shape index (κ1) is 17.4. The number of hydrogen-bond donors (Lipinski definition) is 3. The first-order chi connectivity index (χ1) is 12.4. The third kappa shape index (κ3) is 3.81. The molecule has 0 radical (unpaired) electrons. The average molecular weight is 367 g/mol. The summed E-state index contributed by atoms with van der Waals surface area (Å²) in [6.45, 7) is 1.90. The van der Waals surface area contributed by atoms with Crippen molar-refractivity contribution in [2.45, 2.75) is 6.92 Å². The molecular weight excluding hydrogens is 352 g/mol. The summed E-state index contributed by atoms with van der Waals surface area (Å²) in [4.78, 5) is 10.3. The maximum absolute atomic E-state index is 12.6. The largest absolute Gasteiger partial charge is 0.859 e. The number of para-hydroxylation sites is 1. The molecule has 0 unspecified atom stereocenters. The number of thiocarbonyl (C=S) groups is 1. The van der Waals surface area contributed by atoms with Gasteiger partial charge in [0.2, 0.25) is 0 Å². The highest BCUT2D eigenvalue weighted by Gasteiger charge is 2.14. The molecule has 26 heavy (non-hydrogen) atoms. The van der Waals surface area contributed by atoms with Gasteiger partial charge >= 0.3 is 0 Å². The van der Waals surface area contributed by atoms with E-state index in [4.69, 9.17) is 12.2 Å². The van der Waals surface area contributed by atoms with Crippen LogP contribution in [0, 0.1) is 17.0 Å². The first-order valence-corrected chi connectivity index (χ1v) is 8.13. The molecule has 2 aromatic carbocycles. The van der Waals surface area contributed by atoms with E-state index in [1.54, 1.807) is 18.2 Å². The molecular formula is C18H15N4O3S-. The van der Waals surface area contributed by atoms with E-state index in [-0.39, 0.29) is 22.4 Å². The van der Waals surface area contributed by atoms with Gasteiger partial charge in [0.25, 0.3) is 5.69 Å². The van der Waals surface area contributed by atoms with Crippen LogP contribution < -0.4 is 21.1 Å². The van der Waals surface area contributed by atoms with Crippen LogP contribution in [0.4, 0.5) is 11.4 Å². The SMILES string of the molecule is Cc1ccccc1NC([O-])=C1C=C(c2ccc([N+](=O)[O-])cc2)NC(=S)N1. The Bertz CT molecular complexity index is 936. The second-order valence-electron chi connectivity index (χ2n) is 5.62. The monoisotopic (exact) mass is 367 g/mol. The predicted molar refractivity (Wildman–Crippen MR) is 102 cm³/mol. The van der Waals surface area contributed by atoms with E-state index < -0.39 is 4.92 Å². The number of hydrogen-bond acceptors (Lipinski definition) is 5. The third-order valence-corrected chi connectivity index (χ3v) is 4.02. The number of nitrogens with zero attached hydrogens (tertiary/aromatic N) is 1. The van der Waals surface area contributed by atoms with Gasteiger partial charge in [-0.25, -0.2) is 0 Å². The van der Waals surface area contributed by atoms with Crippen molar-refractivity contribution in [1.82, 2.24) is 10.6 Å². The van der Waals surface area contributed by atoms with Gasteiger partial charge in [0.05, 0.1) is 10.6 Å². The maximum Gasteiger partial charge on any atom is 0.269 e. The predicted octanol–water partition coefficient (Wildman–Crippen LogP) is 2.36. The molecule has 132 valence electrons. The standard InChI is InChI=1S/C18H16N4O3S/c1-11-4-2-3-5-14(11)19-17(23)16-10-15(20-18(26)21-16)12-6-8-13(9-7-12)22(24)25/h2-10,19,23H,1H3,(H2,20,21,26)/p-1. The quantitative estimate of drug-likeness (QED) is 0.330. The molecule has 1 aliphatic heterocycles. The van der Waals surface area contributed by atoms with Crippen LogP contribution in [0.2, 0.25) is 0 Å². The summed E-state index contributed by atoms with van der Waals surface area (Å²) in [5, 5.41) is 32.2. The van der Waals surface area contributed by atoms with Gasteiger partial charge in [-0.15, -0.1) is 0 Å². The summed E-state index contributed by atoms with van der Waals surface area (Å²) < 4.78 is 0. The van der Waals surface area contributed by atoms with Gasteiger partial charge in [-0.1, -0.05) is 18.2 Å². The highest BCUT2D eigenvalue weighted by molar-refractivity contribution is 7.80. The summed E-state index contributed by atoms with van der Waals surface area (Å²) in [5.74, 6) is -0.331. The molecule has 8 heteroatoms. The van der Waals surface area contributed by atoms with E-state index >= 15 is 0 Å². The number of anilines is 1. The van der Waals surface area contributed by atoms with Crippen molar-refractivity contribution in [2.24, 2.45) is 0 Å².